The summed E-state index contributed by atoms with van der Waals surface area (Å²) < 4.78 is 5.24. The van der Waals surface area contributed by atoms with E-state index in [1.54, 1.807) is 0 Å². The van der Waals surface area contributed by atoms with Crippen molar-refractivity contribution < 1.29 is 9.53 Å². The molecule has 2 heteroatoms. The van der Waals surface area contributed by atoms with Crippen LogP contribution in [0.25, 0.3) is 0 Å². The largest absolute Gasteiger partial charge is 0.462 e. The van der Waals surface area contributed by atoms with Gasteiger partial charge in [0.05, 0.1) is 0 Å². The second-order valence-electron chi connectivity index (χ2n) is 6.68. The molecule has 0 aromatic carbocycles. The molecule has 19 heavy (non-hydrogen) atoms. The van der Waals surface area contributed by atoms with E-state index in [2.05, 4.69) is 12.2 Å². The maximum atomic E-state index is 11.0. The maximum Gasteiger partial charge on any atom is 0.306 e. The van der Waals surface area contributed by atoms with E-state index < -0.39 is 0 Å². The van der Waals surface area contributed by atoms with Crippen molar-refractivity contribution in [3.63, 3.8) is 0 Å². The van der Waals surface area contributed by atoms with Crippen molar-refractivity contribution in [2.45, 2.75) is 70.3 Å². The Hall–Kier alpha value is -0.790. The van der Waals surface area contributed by atoms with Crippen LogP contribution in [-0.2, 0) is 9.53 Å². The Labute approximate surface area is 116 Å². The number of allylic oxidation sites excluding steroid dienone is 2. The second-order valence-corrected chi connectivity index (χ2v) is 6.68. The van der Waals surface area contributed by atoms with Gasteiger partial charge in [0.1, 0.15) is 6.10 Å². The second kappa shape index (κ2) is 6.11. The van der Waals surface area contributed by atoms with Crippen LogP contribution in [0.4, 0.5) is 0 Å². The average molecular weight is 262 g/mol. The van der Waals surface area contributed by atoms with Crippen molar-refractivity contribution in [2.75, 3.05) is 0 Å². The van der Waals surface area contributed by atoms with Gasteiger partial charge in [-0.2, -0.15) is 0 Å². The van der Waals surface area contributed by atoms with Gasteiger partial charge in [-0.15, -0.1) is 0 Å². The molecule has 2 fully saturated rings. The van der Waals surface area contributed by atoms with Crippen LogP contribution >= 0.6 is 0 Å². The molecule has 2 nitrogen and oxygen atoms in total. The summed E-state index contributed by atoms with van der Waals surface area (Å²) in [5.41, 5.74) is 0. The lowest BCUT2D eigenvalue weighted by atomic mass is 9.88. The van der Waals surface area contributed by atoms with E-state index in [0.29, 0.717) is 6.42 Å². The summed E-state index contributed by atoms with van der Waals surface area (Å²) in [6, 6.07) is 0. The first-order valence-electron chi connectivity index (χ1n) is 8.19. The number of rotatable bonds is 7. The number of esters is 1. The number of hydrogen-bond acceptors (Lipinski definition) is 2. The molecule has 2 aliphatic carbocycles. The number of carbonyl (C=O) groups is 1. The monoisotopic (exact) mass is 262 g/mol. The summed E-state index contributed by atoms with van der Waals surface area (Å²) in [6.07, 6.45) is 17.5. The minimum Gasteiger partial charge on any atom is -0.462 e. The van der Waals surface area contributed by atoms with Crippen molar-refractivity contribution in [1.82, 2.24) is 0 Å². The van der Waals surface area contributed by atoms with Gasteiger partial charge in [-0.3, -0.25) is 4.79 Å². The molecular weight excluding hydrogens is 236 g/mol. The third kappa shape index (κ3) is 3.40. The Bertz CT molecular complexity index is 347. The van der Waals surface area contributed by atoms with Crippen LogP contribution in [0.15, 0.2) is 12.2 Å². The molecule has 1 heterocycles. The zero-order valence-corrected chi connectivity index (χ0v) is 11.9. The van der Waals surface area contributed by atoms with Crippen LogP contribution in [0, 0.1) is 17.8 Å². The zero-order valence-electron chi connectivity index (χ0n) is 11.9. The number of hydrogen-bond donors (Lipinski definition) is 0. The van der Waals surface area contributed by atoms with E-state index in [1.807, 2.05) is 0 Å². The highest BCUT2D eigenvalue weighted by molar-refractivity contribution is 5.71. The molecule has 0 spiro atoms. The normalized spacial score (nSPS) is 36.1. The minimum absolute atomic E-state index is 0.00865. The third-order valence-corrected chi connectivity index (χ3v) is 5.24. The predicted molar refractivity (Wildman–Crippen MR) is 75.7 cm³/mol. The molecule has 0 aromatic heterocycles. The quantitative estimate of drug-likeness (QED) is 0.389. The Balaban J connectivity index is 1.20. The molecule has 3 aliphatic rings. The number of fused-ring (bicyclic) bond motifs is 2. The van der Waals surface area contributed by atoms with Crippen molar-refractivity contribution in [2.24, 2.45) is 17.8 Å². The first kappa shape index (κ1) is 13.2. The fourth-order valence-corrected chi connectivity index (χ4v) is 4.14. The molecule has 0 aromatic rings. The lowest BCUT2D eigenvalue weighted by molar-refractivity contribution is -0.141. The van der Waals surface area contributed by atoms with Gasteiger partial charge >= 0.3 is 5.97 Å². The van der Waals surface area contributed by atoms with Crippen LogP contribution in [-0.4, -0.2) is 12.1 Å². The molecule has 0 radical (unpaired) electrons. The first-order chi connectivity index (χ1) is 9.31. The standard InChI is InChI=1S/C17H26O2/c18-17-10-9-16(19-17)6-4-2-1-3-5-14-11-13-7-8-15(14)12-13/h7-8,13-16H,1-6,9-12H2. The number of unbranched alkanes of at least 4 members (excludes halogenated alkanes) is 3. The minimum atomic E-state index is 0.00865. The molecule has 0 amide bonds. The van der Waals surface area contributed by atoms with E-state index in [9.17, 15) is 4.79 Å². The fraction of sp³-hybridized carbons (Fsp3) is 0.824. The van der Waals surface area contributed by atoms with Gasteiger partial charge in [-0.1, -0.05) is 31.4 Å². The van der Waals surface area contributed by atoms with Crippen molar-refractivity contribution in [1.29, 1.82) is 0 Å². The molecule has 3 rings (SSSR count). The predicted octanol–water partition coefficient (Wildman–Crippen LogP) is 4.24. The van der Waals surface area contributed by atoms with Gasteiger partial charge in [-0.05, 0) is 56.3 Å². The number of cyclic esters (lactones) is 1. The maximum absolute atomic E-state index is 11.0. The molecule has 1 saturated carbocycles. The highest BCUT2D eigenvalue weighted by atomic mass is 16.5. The van der Waals surface area contributed by atoms with Crippen molar-refractivity contribution in [3.8, 4) is 0 Å². The van der Waals surface area contributed by atoms with E-state index in [1.165, 1.54) is 44.9 Å². The van der Waals surface area contributed by atoms with E-state index in [0.717, 1.165) is 30.6 Å². The Morgan fingerprint density at radius 1 is 1.05 bits per heavy atom. The number of ether oxygens (including phenoxy) is 1. The van der Waals surface area contributed by atoms with Crippen LogP contribution in [0.1, 0.15) is 64.2 Å². The third-order valence-electron chi connectivity index (χ3n) is 5.24. The Morgan fingerprint density at radius 3 is 2.53 bits per heavy atom. The van der Waals surface area contributed by atoms with E-state index in [-0.39, 0.29) is 12.1 Å². The highest BCUT2D eigenvalue weighted by Gasteiger charge is 2.34. The molecule has 106 valence electrons. The van der Waals surface area contributed by atoms with Crippen LogP contribution in [0.5, 0.6) is 0 Å². The molecule has 0 N–H and O–H groups in total. The summed E-state index contributed by atoms with van der Waals surface area (Å²) in [4.78, 5) is 11.0. The highest BCUT2D eigenvalue weighted by Crippen LogP contribution is 2.45. The average Bonchev–Trinajstić information content (AvgIpc) is 3.10. The summed E-state index contributed by atoms with van der Waals surface area (Å²) in [7, 11) is 0. The lowest BCUT2D eigenvalue weighted by Gasteiger charge is -2.17. The zero-order chi connectivity index (χ0) is 13.1. The molecule has 4 unspecified atom stereocenters. The molecule has 1 saturated heterocycles. The van der Waals surface area contributed by atoms with Gasteiger partial charge in [0.2, 0.25) is 0 Å². The molecule has 2 bridgehead atoms. The van der Waals surface area contributed by atoms with Gasteiger partial charge in [0.25, 0.3) is 0 Å². The smallest absolute Gasteiger partial charge is 0.306 e. The molecule has 1 aliphatic heterocycles. The Morgan fingerprint density at radius 2 is 1.89 bits per heavy atom. The first-order valence-corrected chi connectivity index (χ1v) is 8.19. The van der Waals surface area contributed by atoms with Gasteiger partial charge in [0.15, 0.2) is 0 Å². The van der Waals surface area contributed by atoms with Gasteiger partial charge in [-0.25, -0.2) is 0 Å². The Kier molecular flexibility index (Phi) is 4.24. The number of carbonyl (C=O) groups excluding carboxylic acids is 1. The molecule has 4 atom stereocenters. The van der Waals surface area contributed by atoms with Crippen molar-refractivity contribution in [3.05, 3.63) is 12.2 Å². The van der Waals surface area contributed by atoms with Gasteiger partial charge in [0, 0.05) is 6.42 Å². The lowest BCUT2D eigenvalue weighted by Crippen LogP contribution is -2.07. The summed E-state index contributed by atoms with van der Waals surface area (Å²) in [5, 5.41) is 0. The van der Waals surface area contributed by atoms with Crippen molar-refractivity contribution >= 4 is 5.97 Å². The topological polar surface area (TPSA) is 26.3 Å². The van der Waals surface area contributed by atoms with Crippen LogP contribution in [0.2, 0.25) is 0 Å². The fourth-order valence-electron chi connectivity index (χ4n) is 4.14. The summed E-state index contributed by atoms with van der Waals surface area (Å²) in [5.74, 6) is 2.84. The molecular formula is C17H26O2. The van der Waals surface area contributed by atoms with E-state index in [4.69, 9.17) is 4.74 Å². The van der Waals surface area contributed by atoms with Gasteiger partial charge < -0.3 is 4.74 Å². The summed E-state index contributed by atoms with van der Waals surface area (Å²) in [6.45, 7) is 0. The van der Waals surface area contributed by atoms with Crippen LogP contribution in [0.3, 0.4) is 0 Å². The van der Waals surface area contributed by atoms with Crippen LogP contribution < -0.4 is 0 Å². The van der Waals surface area contributed by atoms with E-state index >= 15 is 0 Å². The summed E-state index contributed by atoms with van der Waals surface area (Å²) >= 11 is 0. The SMILES string of the molecule is O=C1CCC(CCCCCCC2CC3C=CC2C3)O1.